The number of rotatable bonds is 4. The molecule has 1 aromatic carbocycles. The van der Waals surface area contributed by atoms with Crippen molar-refractivity contribution in [2.75, 3.05) is 19.6 Å². The number of carbonyl (C=O) groups excluding carboxylic acids is 1. The first kappa shape index (κ1) is 19.5. The maximum Gasteiger partial charge on any atom is 0.223 e. The summed E-state index contributed by atoms with van der Waals surface area (Å²) in [5.41, 5.74) is 1.08. The number of carbonyl (C=O) groups is 1. The van der Waals surface area contributed by atoms with E-state index in [1.54, 1.807) is 11.3 Å². The Hall–Kier alpha value is -0.780. The minimum atomic E-state index is 0. The highest BCUT2D eigenvalue weighted by Gasteiger charge is 2.27. The molecule has 3 rings (SSSR count). The van der Waals surface area contributed by atoms with Gasteiger partial charge in [-0.05, 0) is 36.2 Å². The number of nitrogens with zero attached hydrogens (tertiary/aromatic N) is 1. The average Bonchev–Trinajstić information content (AvgIpc) is 2.98. The largest absolute Gasteiger partial charge is 0.333 e. The number of hydrogen-bond acceptors (Lipinski definition) is 3. The van der Waals surface area contributed by atoms with Crippen LogP contribution in [-0.4, -0.2) is 30.4 Å². The lowest BCUT2D eigenvalue weighted by Crippen LogP contribution is -2.48. The Bertz CT molecular complexity index is 692. The van der Waals surface area contributed by atoms with Gasteiger partial charge in [-0.2, -0.15) is 0 Å². The van der Waals surface area contributed by atoms with Crippen LogP contribution in [0.1, 0.15) is 22.9 Å². The Morgan fingerprint density at radius 1 is 1.29 bits per heavy atom. The summed E-state index contributed by atoms with van der Waals surface area (Å²) in [5.74, 6) is 0.181. The molecule has 1 saturated heterocycles. The number of halogens is 3. The van der Waals surface area contributed by atoms with Crippen LogP contribution in [0.25, 0.3) is 0 Å². The van der Waals surface area contributed by atoms with Gasteiger partial charge in [-0.1, -0.05) is 35.3 Å². The van der Waals surface area contributed by atoms with Gasteiger partial charge in [0.15, 0.2) is 0 Å². The molecule has 3 nitrogen and oxygen atoms in total. The SMILES string of the molecule is Cl.O=C(CCc1ccc(Cl)s1)N1CCNCC1c1cccc(Cl)c1. The summed E-state index contributed by atoms with van der Waals surface area (Å²) in [7, 11) is 0. The lowest BCUT2D eigenvalue weighted by molar-refractivity contribution is -0.134. The number of amides is 1. The van der Waals surface area contributed by atoms with E-state index in [2.05, 4.69) is 5.32 Å². The van der Waals surface area contributed by atoms with E-state index in [4.69, 9.17) is 23.2 Å². The van der Waals surface area contributed by atoms with Gasteiger partial charge in [0.05, 0.1) is 10.4 Å². The van der Waals surface area contributed by atoms with Crippen LogP contribution < -0.4 is 5.32 Å². The van der Waals surface area contributed by atoms with E-state index in [0.717, 1.165) is 40.8 Å². The number of nitrogens with one attached hydrogen (secondary N) is 1. The normalized spacial score (nSPS) is 17.4. The van der Waals surface area contributed by atoms with Crippen molar-refractivity contribution < 1.29 is 4.79 Å². The molecule has 130 valence electrons. The third-order valence-electron chi connectivity index (χ3n) is 4.01. The third kappa shape index (κ3) is 4.87. The molecule has 2 heterocycles. The molecule has 1 atom stereocenters. The standard InChI is InChI=1S/C17H18Cl2N2OS.ClH/c18-13-3-1-2-12(10-13)15-11-20-8-9-21(15)17(22)7-5-14-4-6-16(19)23-14;/h1-4,6,10,15,20H,5,7-9,11H2;1H. The van der Waals surface area contributed by atoms with Crippen molar-refractivity contribution in [3.05, 3.63) is 56.2 Å². The van der Waals surface area contributed by atoms with E-state index in [-0.39, 0.29) is 24.4 Å². The fraction of sp³-hybridized carbons (Fsp3) is 0.353. The first-order valence-corrected chi connectivity index (χ1v) is 9.20. The van der Waals surface area contributed by atoms with Crippen LogP contribution in [0.3, 0.4) is 0 Å². The summed E-state index contributed by atoms with van der Waals surface area (Å²) in [6, 6.07) is 11.7. The average molecular weight is 406 g/mol. The van der Waals surface area contributed by atoms with Gasteiger partial charge in [-0.3, -0.25) is 4.79 Å². The third-order valence-corrected chi connectivity index (χ3v) is 5.54. The molecule has 1 unspecified atom stereocenters. The van der Waals surface area contributed by atoms with Gasteiger partial charge in [0.1, 0.15) is 0 Å². The van der Waals surface area contributed by atoms with Gasteiger partial charge >= 0.3 is 0 Å². The van der Waals surface area contributed by atoms with Gasteiger partial charge in [-0.25, -0.2) is 0 Å². The molecule has 1 N–H and O–H groups in total. The molecule has 2 aromatic rings. The second-order valence-corrected chi connectivity index (χ2v) is 7.80. The van der Waals surface area contributed by atoms with Crippen molar-refractivity contribution in [2.45, 2.75) is 18.9 Å². The number of thiophene rings is 1. The molecule has 7 heteroatoms. The molecule has 1 amide bonds. The highest BCUT2D eigenvalue weighted by atomic mass is 35.5. The highest BCUT2D eigenvalue weighted by molar-refractivity contribution is 7.16. The predicted octanol–water partition coefficient (Wildman–Crippen LogP) is 4.58. The fourth-order valence-corrected chi connectivity index (χ4v) is 4.16. The van der Waals surface area contributed by atoms with Gasteiger partial charge in [0.25, 0.3) is 0 Å². The van der Waals surface area contributed by atoms with E-state index in [9.17, 15) is 4.79 Å². The maximum absolute atomic E-state index is 12.7. The fourth-order valence-electron chi connectivity index (χ4n) is 2.87. The molecule has 1 aliphatic rings. The lowest BCUT2D eigenvalue weighted by Gasteiger charge is -2.36. The molecule has 0 bridgehead atoms. The van der Waals surface area contributed by atoms with Crippen molar-refractivity contribution in [3.63, 3.8) is 0 Å². The van der Waals surface area contributed by atoms with Crippen LogP contribution in [0.5, 0.6) is 0 Å². The van der Waals surface area contributed by atoms with E-state index < -0.39 is 0 Å². The van der Waals surface area contributed by atoms with Gasteiger partial charge < -0.3 is 10.2 Å². The van der Waals surface area contributed by atoms with E-state index >= 15 is 0 Å². The molecule has 1 fully saturated rings. The van der Waals surface area contributed by atoms with Crippen LogP contribution in [-0.2, 0) is 11.2 Å². The second kappa shape index (κ2) is 9.07. The summed E-state index contributed by atoms with van der Waals surface area (Å²) < 4.78 is 0.770. The van der Waals surface area contributed by atoms with Crippen LogP contribution in [0.15, 0.2) is 36.4 Å². The first-order valence-electron chi connectivity index (χ1n) is 7.63. The lowest BCUT2D eigenvalue weighted by atomic mass is 10.0. The summed E-state index contributed by atoms with van der Waals surface area (Å²) in [6.07, 6.45) is 1.25. The maximum atomic E-state index is 12.7. The van der Waals surface area contributed by atoms with Gasteiger partial charge in [0.2, 0.25) is 5.91 Å². The smallest absolute Gasteiger partial charge is 0.223 e. The Kier molecular flexibility index (Phi) is 7.38. The topological polar surface area (TPSA) is 32.3 Å². The van der Waals surface area contributed by atoms with Crippen molar-refractivity contribution >= 4 is 52.9 Å². The minimum Gasteiger partial charge on any atom is -0.333 e. The van der Waals surface area contributed by atoms with E-state index in [1.165, 1.54) is 0 Å². The number of hydrogen-bond donors (Lipinski definition) is 1. The van der Waals surface area contributed by atoms with Crippen molar-refractivity contribution in [2.24, 2.45) is 0 Å². The van der Waals surface area contributed by atoms with Crippen molar-refractivity contribution in [3.8, 4) is 0 Å². The zero-order valence-electron chi connectivity index (χ0n) is 13.0. The zero-order valence-corrected chi connectivity index (χ0v) is 16.1. The molecular weight excluding hydrogens is 387 g/mol. The Morgan fingerprint density at radius 2 is 2.12 bits per heavy atom. The van der Waals surface area contributed by atoms with Crippen LogP contribution in [0.2, 0.25) is 9.36 Å². The van der Waals surface area contributed by atoms with E-state index in [0.29, 0.717) is 11.4 Å². The molecule has 24 heavy (non-hydrogen) atoms. The van der Waals surface area contributed by atoms with Crippen LogP contribution >= 0.6 is 46.9 Å². The van der Waals surface area contributed by atoms with Gasteiger partial charge in [-0.15, -0.1) is 23.7 Å². The number of piperazine rings is 1. The molecule has 0 saturated carbocycles. The summed E-state index contributed by atoms with van der Waals surface area (Å²) in [5, 5.41) is 4.06. The van der Waals surface area contributed by atoms with Crippen molar-refractivity contribution in [1.29, 1.82) is 0 Å². The first-order chi connectivity index (χ1) is 11.1. The van der Waals surface area contributed by atoms with Crippen LogP contribution in [0, 0.1) is 0 Å². The molecule has 0 radical (unpaired) electrons. The molecule has 0 spiro atoms. The molecule has 1 aliphatic heterocycles. The highest BCUT2D eigenvalue weighted by Crippen LogP contribution is 2.27. The molecule has 0 aliphatic carbocycles. The quantitative estimate of drug-likeness (QED) is 0.807. The molecule has 1 aromatic heterocycles. The predicted molar refractivity (Wildman–Crippen MR) is 104 cm³/mol. The number of aryl methyl sites for hydroxylation is 1. The van der Waals surface area contributed by atoms with Crippen molar-refractivity contribution in [1.82, 2.24) is 10.2 Å². The Labute approximate surface area is 162 Å². The summed E-state index contributed by atoms with van der Waals surface area (Å²) in [6.45, 7) is 2.31. The minimum absolute atomic E-state index is 0. The van der Waals surface area contributed by atoms with E-state index in [1.807, 2.05) is 41.3 Å². The number of benzene rings is 1. The van der Waals surface area contributed by atoms with Crippen LogP contribution in [0.4, 0.5) is 0 Å². The Morgan fingerprint density at radius 3 is 2.83 bits per heavy atom. The summed E-state index contributed by atoms with van der Waals surface area (Å²) >= 11 is 13.6. The second-order valence-electron chi connectivity index (χ2n) is 5.57. The zero-order chi connectivity index (χ0) is 16.2. The summed E-state index contributed by atoms with van der Waals surface area (Å²) in [4.78, 5) is 15.8. The van der Waals surface area contributed by atoms with Gasteiger partial charge in [0, 0.05) is 36.0 Å². The monoisotopic (exact) mass is 404 g/mol. The Balaban J connectivity index is 0.00000208. The molecular formula is C17H19Cl3N2OS.